The third-order valence-electron chi connectivity index (χ3n) is 3.79. The number of halogens is 1. The molecule has 3 rings (SSSR count). The molecule has 0 fully saturated rings. The van der Waals surface area contributed by atoms with Crippen molar-refractivity contribution in [1.82, 2.24) is 0 Å². The van der Waals surface area contributed by atoms with E-state index in [0.717, 1.165) is 0 Å². The second-order valence-electron chi connectivity index (χ2n) is 5.36. The van der Waals surface area contributed by atoms with E-state index in [2.05, 4.69) is 79.8 Å². The Morgan fingerprint density at radius 1 is 0.882 bits per heavy atom. The van der Waals surface area contributed by atoms with Gasteiger partial charge in [0.2, 0.25) is 0 Å². The van der Waals surface area contributed by atoms with Gasteiger partial charge in [-0.1, -0.05) is 43.7 Å². The monoisotopic (exact) mass is 334 g/mol. The van der Waals surface area contributed by atoms with Crippen LogP contribution in [0.1, 0.15) is 30.5 Å². The largest absolute Gasteiger partial charge is 0.0587 e. The summed E-state index contributed by atoms with van der Waals surface area (Å²) in [5.74, 6) is 0. The zero-order valence-corrected chi connectivity index (χ0v) is 12.5. The standard InChI is InChI=1S/C16H15I/c1-10-4-6-12-13-7-5-11(17)9-15(13)16(2,3)14(12)8-10/h4-9H,1-3H3. The molecule has 0 atom stereocenters. The Morgan fingerprint density at radius 3 is 2.18 bits per heavy atom. The van der Waals surface area contributed by atoms with E-state index >= 15 is 0 Å². The molecule has 1 heteroatoms. The SMILES string of the molecule is Cc1ccc2c(c1)C(C)(C)c1cc(I)ccc1-2. The first-order valence-corrected chi connectivity index (χ1v) is 6.99. The van der Waals surface area contributed by atoms with E-state index in [1.54, 1.807) is 0 Å². The van der Waals surface area contributed by atoms with Gasteiger partial charge >= 0.3 is 0 Å². The van der Waals surface area contributed by atoms with Crippen LogP contribution in [0.5, 0.6) is 0 Å². The second kappa shape index (κ2) is 3.58. The van der Waals surface area contributed by atoms with Crippen molar-refractivity contribution >= 4 is 22.6 Å². The topological polar surface area (TPSA) is 0 Å². The highest BCUT2D eigenvalue weighted by Crippen LogP contribution is 2.49. The zero-order valence-electron chi connectivity index (χ0n) is 10.3. The number of hydrogen-bond donors (Lipinski definition) is 0. The Labute approximate surface area is 116 Å². The van der Waals surface area contributed by atoms with Gasteiger partial charge in [-0.3, -0.25) is 0 Å². The molecule has 0 unspecified atom stereocenters. The maximum absolute atomic E-state index is 2.40. The van der Waals surface area contributed by atoms with Gasteiger partial charge in [-0.2, -0.15) is 0 Å². The summed E-state index contributed by atoms with van der Waals surface area (Å²) >= 11 is 2.40. The lowest BCUT2D eigenvalue weighted by Gasteiger charge is -2.21. The van der Waals surface area contributed by atoms with Gasteiger partial charge in [0.25, 0.3) is 0 Å². The number of hydrogen-bond acceptors (Lipinski definition) is 0. The van der Waals surface area contributed by atoms with Gasteiger partial charge in [-0.25, -0.2) is 0 Å². The summed E-state index contributed by atoms with van der Waals surface area (Å²) in [7, 11) is 0. The quantitative estimate of drug-likeness (QED) is 0.601. The van der Waals surface area contributed by atoms with E-state index < -0.39 is 0 Å². The molecule has 0 bridgehead atoms. The van der Waals surface area contributed by atoms with E-state index in [-0.39, 0.29) is 5.41 Å². The lowest BCUT2D eigenvalue weighted by atomic mass is 9.82. The molecule has 0 nitrogen and oxygen atoms in total. The van der Waals surface area contributed by atoms with E-state index in [1.165, 1.54) is 31.4 Å². The van der Waals surface area contributed by atoms with Gasteiger partial charge < -0.3 is 0 Å². The van der Waals surface area contributed by atoms with Gasteiger partial charge in [0.05, 0.1) is 0 Å². The molecule has 0 aliphatic heterocycles. The minimum Gasteiger partial charge on any atom is -0.0587 e. The molecule has 2 aromatic carbocycles. The second-order valence-corrected chi connectivity index (χ2v) is 6.61. The van der Waals surface area contributed by atoms with Crippen LogP contribution in [0, 0.1) is 10.5 Å². The lowest BCUT2D eigenvalue weighted by Crippen LogP contribution is -2.15. The summed E-state index contributed by atoms with van der Waals surface area (Å²) in [5, 5.41) is 0. The molecule has 17 heavy (non-hydrogen) atoms. The van der Waals surface area contributed by atoms with Crippen molar-refractivity contribution in [3.8, 4) is 11.1 Å². The van der Waals surface area contributed by atoms with Crippen molar-refractivity contribution in [1.29, 1.82) is 0 Å². The van der Waals surface area contributed by atoms with Crippen molar-refractivity contribution in [3.05, 3.63) is 56.7 Å². The summed E-state index contributed by atoms with van der Waals surface area (Å²) in [4.78, 5) is 0. The van der Waals surface area contributed by atoms with Gasteiger partial charge in [-0.15, -0.1) is 0 Å². The van der Waals surface area contributed by atoms with Crippen molar-refractivity contribution < 1.29 is 0 Å². The summed E-state index contributed by atoms with van der Waals surface area (Å²) < 4.78 is 1.32. The van der Waals surface area contributed by atoms with Crippen LogP contribution in [0.2, 0.25) is 0 Å². The fraction of sp³-hybridized carbons (Fsp3) is 0.250. The van der Waals surface area contributed by atoms with Crippen LogP contribution in [0.25, 0.3) is 11.1 Å². The van der Waals surface area contributed by atoms with Gasteiger partial charge in [-0.05, 0) is 63.9 Å². The average Bonchev–Trinajstić information content (AvgIpc) is 2.49. The van der Waals surface area contributed by atoms with Crippen LogP contribution in [0.4, 0.5) is 0 Å². The number of benzene rings is 2. The smallest absolute Gasteiger partial charge is 0.0159 e. The Hall–Kier alpha value is -0.830. The van der Waals surface area contributed by atoms with Crippen LogP contribution >= 0.6 is 22.6 Å². The molecule has 1 aliphatic rings. The molecule has 0 radical (unpaired) electrons. The molecule has 86 valence electrons. The fourth-order valence-corrected chi connectivity index (χ4v) is 3.31. The highest BCUT2D eigenvalue weighted by molar-refractivity contribution is 14.1. The van der Waals surface area contributed by atoms with E-state index in [4.69, 9.17) is 0 Å². The molecule has 1 aliphatic carbocycles. The van der Waals surface area contributed by atoms with Gasteiger partial charge in [0, 0.05) is 8.99 Å². The molecule has 0 saturated heterocycles. The third kappa shape index (κ3) is 1.55. The van der Waals surface area contributed by atoms with E-state index in [0.29, 0.717) is 0 Å². The Kier molecular flexibility index (Phi) is 2.37. The minimum absolute atomic E-state index is 0.137. The van der Waals surface area contributed by atoms with Crippen molar-refractivity contribution in [3.63, 3.8) is 0 Å². The predicted molar refractivity (Wildman–Crippen MR) is 81.5 cm³/mol. The summed E-state index contributed by atoms with van der Waals surface area (Å²) in [6.07, 6.45) is 0. The molecule has 0 heterocycles. The molecule has 2 aromatic rings. The fourth-order valence-electron chi connectivity index (χ4n) is 2.82. The van der Waals surface area contributed by atoms with Crippen LogP contribution in [0.15, 0.2) is 36.4 Å². The Bertz CT molecular complexity index is 555. The van der Waals surface area contributed by atoms with Crippen molar-refractivity contribution in [2.45, 2.75) is 26.2 Å². The normalized spacial score (nSPS) is 15.5. The van der Waals surface area contributed by atoms with Crippen LogP contribution < -0.4 is 0 Å². The molecule has 0 amide bonds. The Morgan fingerprint density at radius 2 is 1.47 bits per heavy atom. The molecule has 0 aromatic heterocycles. The number of rotatable bonds is 0. The minimum atomic E-state index is 0.137. The Balaban J connectivity index is 2.37. The molecule has 0 saturated carbocycles. The summed E-state index contributed by atoms with van der Waals surface area (Å²) in [6, 6.07) is 13.6. The van der Waals surface area contributed by atoms with Crippen molar-refractivity contribution in [2.75, 3.05) is 0 Å². The molecule has 0 spiro atoms. The first kappa shape index (κ1) is 11.3. The predicted octanol–water partition coefficient (Wildman–Crippen LogP) is 4.91. The third-order valence-corrected chi connectivity index (χ3v) is 4.46. The summed E-state index contributed by atoms with van der Waals surface area (Å²) in [6.45, 7) is 6.82. The van der Waals surface area contributed by atoms with E-state index in [9.17, 15) is 0 Å². The highest BCUT2D eigenvalue weighted by atomic mass is 127. The van der Waals surface area contributed by atoms with Crippen LogP contribution in [-0.2, 0) is 5.41 Å². The number of aryl methyl sites for hydroxylation is 1. The molecular formula is C16H15I. The first-order chi connectivity index (χ1) is 8.00. The van der Waals surface area contributed by atoms with Gasteiger partial charge in [0.1, 0.15) is 0 Å². The molecular weight excluding hydrogens is 319 g/mol. The maximum atomic E-state index is 2.40. The maximum Gasteiger partial charge on any atom is 0.0159 e. The van der Waals surface area contributed by atoms with E-state index in [1.807, 2.05) is 0 Å². The summed E-state index contributed by atoms with van der Waals surface area (Å²) in [5.41, 5.74) is 7.23. The zero-order chi connectivity index (χ0) is 12.2. The van der Waals surface area contributed by atoms with Crippen LogP contribution in [-0.4, -0.2) is 0 Å². The van der Waals surface area contributed by atoms with Crippen LogP contribution in [0.3, 0.4) is 0 Å². The molecule has 0 N–H and O–H groups in total. The van der Waals surface area contributed by atoms with Gasteiger partial charge in [0.15, 0.2) is 0 Å². The average molecular weight is 334 g/mol. The lowest BCUT2D eigenvalue weighted by molar-refractivity contribution is 0.659. The highest BCUT2D eigenvalue weighted by Gasteiger charge is 2.35. The van der Waals surface area contributed by atoms with Crippen molar-refractivity contribution in [2.24, 2.45) is 0 Å². The number of fused-ring (bicyclic) bond motifs is 3. The first-order valence-electron chi connectivity index (χ1n) is 5.92.